The van der Waals surface area contributed by atoms with Gasteiger partial charge in [0.15, 0.2) is 11.5 Å². The van der Waals surface area contributed by atoms with Crippen LogP contribution in [0.25, 0.3) is 0 Å². The lowest BCUT2D eigenvalue weighted by Crippen LogP contribution is -2.40. The minimum atomic E-state index is -0.437. The molecule has 0 saturated carbocycles. The minimum Gasteiger partial charge on any atom is -0.486 e. The van der Waals surface area contributed by atoms with Gasteiger partial charge in [0, 0.05) is 5.56 Å². The summed E-state index contributed by atoms with van der Waals surface area (Å²) in [4.78, 5) is 23.5. The number of para-hydroxylation sites is 2. The highest BCUT2D eigenvalue weighted by molar-refractivity contribution is 5.96. The molecule has 124 valence electrons. The summed E-state index contributed by atoms with van der Waals surface area (Å²) in [6, 6.07) is 13.7. The van der Waals surface area contributed by atoms with Gasteiger partial charge >= 0.3 is 5.97 Å². The Bertz CT molecular complexity index is 741. The zero-order chi connectivity index (χ0) is 16.9. The number of benzene rings is 2. The normalized spacial score (nSPS) is 15.5. The second-order valence-corrected chi connectivity index (χ2v) is 5.28. The van der Waals surface area contributed by atoms with E-state index in [9.17, 15) is 9.59 Å². The number of carbonyl (C=O) groups excluding carboxylic acids is 2. The summed E-state index contributed by atoms with van der Waals surface area (Å²) < 4.78 is 16.0. The third-order valence-corrected chi connectivity index (χ3v) is 3.63. The molecular weight excluding hydrogens is 310 g/mol. The summed E-state index contributed by atoms with van der Waals surface area (Å²) in [5.74, 6) is 0.700. The molecule has 0 fully saturated rings. The topological polar surface area (TPSA) is 73.9 Å². The molecule has 1 N–H and O–H groups in total. The van der Waals surface area contributed by atoms with Crippen LogP contribution in [-0.4, -0.2) is 38.2 Å². The Balaban J connectivity index is 1.55. The number of rotatable bonds is 4. The van der Waals surface area contributed by atoms with Crippen LogP contribution >= 0.6 is 0 Å². The smallest absolute Gasteiger partial charge is 0.337 e. The number of hydrogen-bond acceptors (Lipinski definition) is 5. The van der Waals surface area contributed by atoms with Crippen molar-refractivity contribution in [3.63, 3.8) is 0 Å². The Morgan fingerprint density at radius 2 is 1.75 bits per heavy atom. The van der Waals surface area contributed by atoms with E-state index in [0.717, 1.165) is 0 Å². The molecular formula is C18H17NO5. The number of esters is 1. The van der Waals surface area contributed by atoms with E-state index in [1.54, 1.807) is 24.3 Å². The first-order valence-corrected chi connectivity index (χ1v) is 7.52. The number of hydrogen-bond donors (Lipinski definition) is 1. The first-order chi connectivity index (χ1) is 11.7. The van der Waals surface area contributed by atoms with E-state index in [1.165, 1.54) is 7.11 Å². The van der Waals surface area contributed by atoms with Gasteiger partial charge < -0.3 is 19.5 Å². The maximum atomic E-state index is 12.2. The third kappa shape index (κ3) is 3.48. The van der Waals surface area contributed by atoms with E-state index in [2.05, 4.69) is 10.1 Å². The first-order valence-electron chi connectivity index (χ1n) is 7.52. The van der Waals surface area contributed by atoms with E-state index in [-0.39, 0.29) is 12.0 Å². The van der Waals surface area contributed by atoms with Gasteiger partial charge in [0.2, 0.25) is 0 Å². The van der Waals surface area contributed by atoms with Crippen LogP contribution < -0.4 is 14.8 Å². The largest absolute Gasteiger partial charge is 0.486 e. The van der Waals surface area contributed by atoms with Crippen molar-refractivity contribution in [1.29, 1.82) is 0 Å². The molecule has 3 rings (SSSR count). The molecule has 0 aliphatic carbocycles. The number of carbonyl (C=O) groups is 2. The van der Waals surface area contributed by atoms with E-state index < -0.39 is 5.97 Å². The SMILES string of the molecule is COC(=O)c1ccc(C(=O)NCC2COc3ccccc3O2)cc1. The minimum absolute atomic E-state index is 0.242. The summed E-state index contributed by atoms with van der Waals surface area (Å²) in [6.07, 6.45) is -0.252. The Kier molecular flexibility index (Phi) is 4.65. The fraction of sp³-hybridized carbons (Fsp3) is 0.222. The highest BCUT2D eigenvalue weighted by Gasteiger charge is 2.21. The molecule has 0 aromatic heterocycles. The molecule has 6 heteroatoms. The summed E-state index contributed by atoms with van der Waals surface area (Å²) in [5, 5.41) is 2.80. The number of methoxy groups -OCH3 is 1. The zero-order valence-corrected chi connectivity index (χ0v) is 13.2. The highest BCUT2D eigenvalue weighted by Crippen LogP contribution is 2.30. The van der Waals surface area contributed by atoms with Crippen LogP contribution in [0.4, 0.5) is 0 Å². The van der Waals surface area contributed by atoms with Gasteiger partial charge in [-0.15, -0.1) is 0 Å². The van der Waals surface area contributed by atoms with Gasteiger partial charge in [-0.2, -0.15) is 0 Å². The maximum Gasteiger partial charge on any atom is 0.337 e. The summed E-state index contributed by atoms with van der Waals surface area (Å²) in [5.41, 5.74) is 0.856. The van der Waals surface area contributed by atoms with Crippen LogP contribution in [0.15, 0.2) is 48.5 Å². The van der Waals surface area contributed by atoms with Gasteiger partial charge in [0.05, 0.1) is 19.2 Å². The fourth-order valence-electron chi connectivity index (χ4n) is 2.35. The van der Waals surface area contributed by atoms with Crippen molar-refractivity contribution in [2.75, 3.05) is 20.3 Å². The van der Waals surface area contributed by atoms with Crippen molar-refractivity contribution >= 4 is 11.9 Å². The van der Waals surface area contributed by atoms with Crippen molar-refractivity contribution in [2.24, 2.45) is 0 Å². The first kappa shape index (κ1) is 15.9. The molecule has 2 aromatic carbocycles. The van der Waals surface area contributed by atoms with Crippen molar-refractivity contribution in [3.05, 3.63) is 59.7 Å². The number of nitrogens with one attached hydrogen (secondary N) is 1. The van der Waals surface area contributed by atoms with Gasteiger partial charge in [-0.25, -0.2) is 4.79 Å². The molecule has 0 bridgehead atoms. The Morgan fingerprint density at radius 3 is 2.46 bits per heavy atom. The lowest BCUT2D eigenvalue weighted by molar-refractivity contribution is 0.0600. The molecule has 1 aliphatic rings. The Hall–Kier alpha value is -3.02. The quantitative estimate of drug-likeness (QED) is 0.870. The van der Waals surface area contributed by atoms with Gasteiger partial charge in [0.25, 0.3) is 5.91 Å². The monoisotopic (exact) mass is 327 g/mol. The van der Waals surface area contributed by atoms with E-state index >= 15 is 0 Å². The van der Waals surface area contributed by atoms with E-state index in [0.29, 0.717) is 35.8 Å². The molecule has 2 aromatic rings. The average Bonchev–Trinajstić information content (AvgIpc) is 2.65. The lowest BCUT2D eigenvalue weighted by Gasteiger charge is -2.26. The van der Waals surface area contributed by atoms with Crippen molar-refractivity contribution in [2.45, 2.75) is 6.10 Å². The Labute approximate surface area is 139 Å². The molecule has 24 heavy (non-hydrogen) atoms. The second kappa shape index (κ2) is 7.04. The molecule has 0 spiro atoms. The molecule has 1 heterocycles. The predicted octanol–water partition coefficient (Wildman–Crippen LogP) is 2.04. The van der Waals surface area contributed by atoms with E-state index in [4.69, 9.17) is 9.47 Å². The van der Waals surface area contributed by atoms with Crippen LogP contribution in [0.2, 0.25) is 0 Å². The molecule has 1 aliphatic heterocycles. The maximum absolute atomic E-state index is 12.2. The van der Waals surface area contributed by atoms with Crippen LogP contribution in [0.5, 0.6) is 11.5 Å². The van der Waals surface area contributed by atoms with Gasteiger partial charge in [-0.1, -0.05) is 12.1 Å². The number of amides is 1. The van der Waals surface area contributed by atoms with E-state index in [1.807, 2.05) is 24.3 Å². The second-order valence-electron chi connectivity index (χ2n) is 5.28. The van der Waals surface area contributed by atoms with Crippen LogP contribution in [0.3, 0.4) is 0 Å². The molecule has 0 radical (unpaired) electrons. The molecule has 0 saturated heterocycles. The third-order valence-electron chi connectivity index (χ3n) is 3.63. The van der Waals surface area contributed by atoms with Gasteiger partial charge in [-0.3, -0.25) is 4.79 Å². The number of ether oxygens (including phenoxy) is 3. The van der Waals surface area contributed by atoms with Crippen molar-refractivity contribution in [1.82, 2.24) is 5.32 Å². The highest BCUT2D eigenvalue weighted by atomic mass is 16.6. The van der Waals surface area contributed by atoms with Gasteiger partial charge in [-0.05, 0) is 36.4 Å². The molecule has 1 amide bonds. The van der Waals surface area contributed by atoms with Crippen LogP contribution in [-0.2, 0) is 4.74 Å². The van der Waals surface area contributed by atoms with Gasteiger partial charge in [0.1, 0.15) is 12.7 Å². The summed E-state index contributed by atoms with van der Waals surface area (Å²) in [7, 11) is 1.31. The summed E-state index contributed by atoms with van der Waals surface area (Å²) >= 11 is 0. The number of fused-ring (bicyclic) bond motifs is 1. The fourth-order valence-corrected chi connectivity index (χ4v) is 2.35. The zero-order valence-electron chi connectivity index (χ0n) is 13.2. The molecule has 1 unspecified atom stereocenters. The van der Waals surface area contributed by atoms with Crippen molar-refractivity contribution < 1.29 is 23.8 Å². The standard InChI is InChI=1S/C18H17NO5/c1-22-18(21)13-8-6-12(7-9-13)17(20)19-10-14-11-23-15-4-2-3-5-16(15)24-14/h2-9,14H,10-11H2,1H3,(H,19,20). The Morgan fingerprint density at radius 1 is 1.08 bits per heavy atom. The lowest BCUT2D eigenvalue weighted by atomic mass is 10.1. The molecule has 6 nitrogen and oxygen atoms in total. The van der Waals surface area contributed by atoms with Crippen molar-refractivity contribution in [3.8, 4) is 11.5 Å². The predicted molar refractivity (Wildman–Crippen MR) is 86.5 cm³/mol. The average molecular weight is 327 g/mol. The molecule has 1 atom stereocenters. The van der Waals surface area contributed by atoms with Crippen LogP contribution in [0.1, 0.15) is 20.7 Å². The summed E-state index contributed by atoms with van der Waals surface area (Å²) in [6.45, 7) is 0.699. The van der Waals surface area contributed by atoms with Crippen LogP contribution in [0, 0.1) is 0 Å².